The summed E-state index contributed by atoms with van der Waals surface area (Å²) in [5.74, 6) is 0.114. The Balaban J connectivity index is 2.14. The Hall–Kier alpha value is -1.61. The summed E-state index contributed by atoms with van der Waals surface area (Å²) in [5, 5.41) is 13.3. The lowest BCUT2D eigenvalue weighted by molar-refractivity contribution is -0.615. The van der Waals surface area contributed by atoms with Gasteiger partial charge in [-0.1, -0.05) is 11.6 Å². The Morgan fingerprint density at radius 2 is 2.14 bits per heavy atom. The molecule has 22 heavy (non-hydrogen) atoms. The van der Waals surface area contributed by atoms with Crippen LogP contribution >= 0.6 is 34.2 Å². The topological polar surface area (TPSA) is 83.7 Å². The summed E-state index contributed by atoms with van der Waals surface area (Å²) >= 11 is 8.33. The summed E-state index contributed by atoms with van der Waals surface area (Å²) in [6.07, 6.45) is 3.42. The smallest absolute Gasteiger partial charge is 0.223 e. The highest BCUT2D eigenvalue weighted by Crippen LogP contribution is 2.24. The average Bonchev–Trinajstić information content (AvgIpc) is 2.84. The molecule has 0 radical (unpaired) electrons. The summed E-state index contributed by atoms with van der Waals surface area (Å²) in [7, 11) is 0. The molecule has 2 N–H and O–H groups in total. The SMILES string of the molecule is Cc1c[n+]([O-])c(Cn2ccc3c(Cl)nc(N)nc32)c(C)c1I. The normalized spacial score (nSPS) is 11.3. The summed E-state index contributed by atoms with van der Waals surface area (Å²) in [4.78, 5) is 8.16. The molecule has 3 aromatic heterocycles. The number of nitrogens with zero attached hydrogens (tertiary/aromatic N) is 4. The number of aromatic nitrogens is 4. The van der Waals surface area contributed by atoms with Gasteiger partial charge in [0.1, 0.15) is 17.3 Å². The van der Waals surface area contributed by atoms with Gasteiger partial charge in [-0.3, -0.25) is 0 Å². The van der Waals surface area contributed by atoms with E-state index in [1.807, 2.05) is 30.7 Å². The van der Waals surface area contributed by atoms with E-state index in [1.165, 1.54) is 0 Å². The minimum Gasteiger partial charge on any atom is -0.618 e. The van der Waals surface area contributed by atoms with Crippen LogP contribution in [0.1, 0.15) is 16.8 Å². The van der Waals surface area contributed by atoms with E-state index in [0.29, 0.717) is 28.4 Å². The third kappa shape index (κ3) is 2.48. The van der Waals surface area contributed by atoms with Crippen LogP contribution in [0.4, 0.5) is 5.95 Å². The summed E-state index contributed by atoms with van der Waals surface area (Å²) < 4.78 is 3.84. The van der Waals surface area contributed by atoms with Crippen molar-refractivity contribution in [2.45, 2.75) is 20.4 Å². The van der Waals surface area contributed by atoms with E-state index in [4.69, 9.17) is 17.3 Å². The van der Waals surface area contributed by atoms with E-state index >= 15 is 0 Å². The van der Waals surface area contributed by atoms with Crippen LogP contribution in [0, 0.1) is 22.6 Å². The molecule has 0 atom stereocenters. The molecule has 0 saturated carbocycles. The fourth-order valence-electron chi connectivity index (χ4n) is 2.42. The highest BCUT2D eigenvalue weighted by atomic mass is 127. The molecule has 0 fully saturated rings. The van der Waals surface area contributed by atoms with Crippen molar-refractivity contribution in [3.05, 3.63) is 49.2 Å². The molecule has 3 rings (SSSR count). The second-order valence-electron chi connectivity index (χ2n) is 5.08. The number of hydrogen-bond acceptors (Lipinski definition) is 4. The Morgan fingerprint density at radius 3 is 2.86 bits per heavy atom. The second-order valence-corrected chi connectivity index (χ2v) is 6.51. The van der Waals surface area contributed by atoms with Crippen LogP contribution in [-0.4, -0.2) is 14.5 Å². The molecule has 0 aliphatic heterocycles. The van der Waals surface area contributed by atoms with E-state index in [1.54, 1.807) is 6.20 Å². The summed E-state index contributed by atoms with van der Waals surface area (Å²) in [6.45, 7) is 4.26. The molecule has 0 aliphatic rings. The molecular weight excluding hydrogens is 417 g/mol. The van der Waals surface area contributed by atoms with Crippen LogP contribution in [0.15, 0.2) is 18.5 Å². The fourth-order valence-corrected chi connectivity index (χ4v) is 3.10. The van der Waals surface area contributed by atoms with Crippen molar-refractivity contribution in [2.75, 3.05) is 5.73 Å². The van der Waals surface area contributed by atoms with Crippen LogP contribution in [0.5, 0.6) is 0 Å². The van der Waals surface area contributed by atoms with Crippen molar-refractivity contribution in [1.29, 1.82) is 0 Å². The van der Waals surface area contributed by atoms with Gasteiger partial charge in [0.15, 0.2) is 6.20 Å². The summed E-state index contributed by atoms with van der Waals surface area (Å²) in [6, 6.07) is 1.82. The van der Waals surface area contributed by atoms with Gasteiger partial charge in [0.25, 0.3) is 0 Å². The van der Waals surface area contributed by atoms with E-state index < -0.39 is 0 Å². The van der Waals surface area contributed by atoms with Crippen molar-refractivity contribution in [3.63, 3.8) is 0 Å². The Morgan fingerprint density at radius 1 is 1.41 bits per heavy atom. The van der Waals surface area contributed by atoms with Crippen LogP contribution in [0.2, 0.25) is 5.15 Å². The number of nitrogens with two attached hydrogens (primary N) is 1. The fraction of sp³-hybridized carbons (Fsp3) is 0.214. The van der Waals surface area contributed by atoms with E-state index in [2.05, 4.69) is 32.6 Å². The minimum atomic E-state index is 0.114. The number of nitrogen functional groups attached to an aromatic ring is 1. The van der Waals surface area contributed by atoms with Crippen LogP contribution in [0.3, 0.4) is 0 Å². The number of fused-ring (bicyclic) bond motifs is 1. The number of pyridine rings is 1. The number of hydrogen-bond donors (Lipinski definition) is 1. The van der Waals surface area contributed by atoms with Crippen molar-refractivity contribution < 1.29 is 4.73 Å². The molecule has 3 aromatic rings. The lowest BCUT2D eigenvalue weighted by Gasteiger charge is -2.12. The average molecular weight is 430 g/mol. The van der Waals surface area contributed by atoms with Crippen molar-refractivity contribution in [1.82, 2.24) is 14.5 Å². The van der Waals surface area contributed by atoms with Gasteiger partial charge in [0, 0.05) is 20.9 Å². The Kier molecular flexibility index (Phi) is 3.85. The maximum Gasteiger partial charge on any atom is 0.223 e. The number of halogens is 2. The lowest BCUT2D eigenvalue weighted by atomic mass is 10.1. The molecule has 0 aliphatic carbocycles. The zero-order valence-electron chi connectivity index (χ0n) is 12.0. The highest BCUT2D eigenvalue weighted by molar-refractivity contribution is 14.1. The first kappa shape index (κ1) is 15.3. The lowest BCUT2D eigenvalue weighted by Crippen LogP contribution is -2.35. The molecule has 8 heteroatoms. The molecule has 0 amide bonds. The molecule has 0 saturated heterocycles. The molecule has 114 valence electrons. The molecule has 0 aromatic carbocycles. The third-order valence-corrected chi connectivity index (χ3v) is 5.54. The predicted molar refractivity (Wildman–Crippen MR) is 93.6 cm³/mol. The Bertz CT molecular complexity index is 893. The van der Waals surface area contributed by atoms with E-state index in [0.717, 1.165) is 19.4 Å². The quantitative estimate of drug-likeness (QED) is 0.294. The van der Waals surface area contributed by atoms with Gasteiger partial charge in [-0.25, -0.2) is 4.98 Å². The first-order valence-corrected chi connectivity index (χ1v) is 7.99. The molecule has 6 nitrogen and oxygen atoms in total. The second kappa shape index (κ2) is 5.54. The zero-order chi connectivity index (χ0) is 16.0. The predicted octanol–water partition coefficient (Wildman–Crippen LogP) is 2.57. The van der Waals surface area contributed by atoms with Crippen molar-refractivity contribution in [2.24, 2.45) is 0 Å². The zero-order valence-corrected chi connectivity index (χ0v) is 14.9. The maximum absolute atomic E-state index is 12.2. The molecular formula is C14H13ClIN5O. The molecule has 0 spiro atoms. The van der Waals surface area contributed by atoms with Crippen molar-refractivity contribution in [3.8, 4) is 0 Å². The van der Waals surface area contributed by atoms with Gasteiger partial charge in [0.2, 0.25) is 11.6 Å². The van der Waals surface area contributed by atoms with Crippen molar-refractivity contribution >= 4 is 51.2 Å². The summed E-state index contributed by atoms with van der Waals surface area (Å²) in [5.41, 5.74) is 8.87. The van der Waals surface area contributed by atoms with Gasteiger partial charge < -0.3 is 15.5 Å². The van der Waals surface area contributed by atoms with Gasteiger partial charge >= 0.3 is 0 Å². The van der Waals surface area contributed by atoms with Gasteiger partial charge in [-0.05, 0) is 42.5 Å². The monoisotopic (exact) mass is 429 g/mol. The third-order valence-electron chi connectivity index (χ3n) is 3.59. The molecule has 0 unspecified atom stereocenters. The Labute approximate surface area is 145 Å². The van der Waals surface area contributed by atoms with Gasteiger partial charge in [-0.15, -0.1) is 0 Å². The van der Waals surface area contributed by atoms with Gasteiger partial charge in [-0.2, -0.15) is 9.71 Å². The van der Waals surface area contributed by atoms with E-state index in [9.17, 15) is 5.21 Å². The molecule has 3 heterocycles. The van der Waals surface area contributed by atoms with Crippen LogP contribution in [0.25, 0.3) is 11.0 Å². The largest absolute Gasteiger partial charge is 0.618 e. The van der Waals surface area contributed by atoms with Crippen LogP contribution < -0.4 is 10.5 Å². The first-order chi connectivity index (χ1) is 10.4. The van der Waals surface area contributed by atoms with Gasteiger partial charge in [0.05, 0.1) is 5.39 Å². The number of rotatable bonds is 2. The number of aryl methyl sites for hydroxylation is 1. The molecule has 0 bridgehead atoms. The maximum atomic E-state index is 12.2. The van der Waals surface area contributed by atoms with E-state index in [-0.39, 0.29) is 5.95 Å². The highest BCUT2D eigenvalue weighted by Gasteiger charge is 2.18. The number of anilines is 1. The first-order valence-electron chi connectivity index (χ1n) is 6.54. The van der Waals surface area contributed by atoms with Crippen LogP contribution in [-0.2, 0) is 6.54 Å². The minimum absolute atomic E-state index is 0.114. The standard InChI is InChI=1S/C14H13ClIN5O/c1-7-5-21(22)10(8(2)11(7)16)6-20-4-3-9-12(15)18-14(17)19-13(9)20/h3-5H,6H2,1-2H3,(H2,17,18,19).